The lowest BCUT2D eigenvalue weighted by atomic mass is 9.84. The number of thioether (sulfide) groups is 1. The van der Waals surface area contributed by atoms with E-state index in [1.807, 2.05) is 95.7 Å². The van der Waals surface area contributed by atoms with E-state index < -0.39 is 58.9 Å². The second-order valence-electron chi connectivity index (χ2n) is 15.7. The van der Waals surface area contributed by atoms with Gasteiger partial charge in [-0.2, -0.15) is 13.2 Å². The largest absolute Gasteiger partial charge is 0.501 e. The molecule has 0 unspecified atom stereocenters. The van der Waals surface area contributed by atoms with Crippen molar-refractivity contribution in [1.82, 2.24) is 15.0 Å². The van der Waals surface area contributed by atoms with Crippen LogP contribution in [0.1, 0.15) is 47.0 Å². The van der Waals surface area contributed by atoms with Crippen molar-refractivity contribution in [2.24, 2.45) is 5.92 Å². The van der Waals surface area contributed by atoms with E-state index in [0.717, 1.165) is 45.1 Å². The Kier molecular flexibility index (Phi) is 15.8. The number of sulfonamides is 1. The summed E-state index contributed by atoms with van der Waals surface area (Å²) in [5, 5.41) is 18.3. The molecule has 5 aromatic carbocycles. The Labute approximate surface area is 391 Å². The minimum absolute atomic E-state index is 0.0214. The van der Waals surface area contributed by atoms with Crippen molar-refractivity contribution in [2.75, 3.05) is 35.6 Å². The highest BCUT2D eigenvalue weighted by molar-refractivity contribution is 7.99. The number of hydrogen-bond donors (Lipinski definition) is 4. The van der Waals surface area contributed by atoms with Gasteiger partial charge in [-0.1, -0.05) is 72.3 Å². The number of sulfone groups is 1. The number of aliphatic hydroxyl groups excluding tert-OH is 1. The Morgan fingerprint density at radius 1 is 0.848 bits per heavy atom. The van der Waals surface area contributed by atoms with E-state index in [0.29, 0.717) is 62.3 Å². The monoisotopic (exact) mass is 977 g/mol. The first kappa shape index (κ1) is 48.5. The molecule has 7 rings (SSSR count). The van der Waals surface area contributed by atoms with Gasteiger partial charge in [0.2, 0.25) is 0 Å². The third kappa shape index (κ3) is 12.1. The standard InChI is InChI=1S/C48H47ClF3N5O6S3/c49-36-17-13-33(14-18-36)42-11-4-5-12-43(42)46(58)34-24-28-57(29-25-34)39-19-15-35(16-20-39)47(59)56-66(62,63)41-21-22-44(45(30-41)65(60,61)48(50,51)52)55-38(32-64-40-9-2-1-3-10-40)23-27-53-31-37-8-6-7-26-54-37/h1-22,26,30,34,38,46,53,55,58H,23-25,27-29,31-32H2,(H,56,59)/t38-,46-/m1/s1. The Balaban J connectivity index is 1.02. The summed E-state index contributed by atoms with van der Waals surface area (Å²) in [4.78, 5) is 18.4. The van der Waals surface area contributed by atoms with E-state index in [9.17, 15) is 39.9 Å². The van der Waals surface area contributed by atoms with Gasteiger partial charge in [0, 0.05) is 58.8 Å². The van der Waals surface area contributed by atoms with Crippen LogP contribution in [0.3, 0.4) is 0 Å². The maximum Gasteiger partial charge on any atom is 0.501 e. The van der Waals surface area contributed by atoms with E-state index in [1.165, 1.54) is 23.9 Å². The third-order valence-electron chi connectivity index (χ3n) is 11.3. The van der Waals surface area contributed by atoms with Crippen molar-refractivity contribution in [3.63, 3.8) is 0 Å². The first-order chi connectivity index (χ1) is 31.6. The van der Waals surface area contributed by atoms with Gasteiger partial charge in [-0.3, -0.25) is 9.78 Å². The summed E-state index contributed by atoms with van der Waals surface area (Å²) < 4.78 is 97.6. The summed E-state index contributed by atoms with van der Waals surface area (Å²) in [6, 6.07) is 37.8. The Morgan fingerprint density at radius 3 is 2.21 bits per heavy atom. The average Bonchev–Trinajstić information content (AvgIpc) is 3.32. The van der Waals surface area contributed by atoms with Crippen molar-refractivity contribution in [3.8, 4) is 11.1 Å². The molecule has 2 heterocycles. The number of pyridine rings is 1. The molecule has 2 atom stereocenters. The van der Waals surface area contributed by atoms with Crippen molar-refractivity contribution in [1.29, 1.82) is 0 Å². The summed E-state index contributed by atoms with van der Waals surface area (Å²) in [6.45, 7) is 2.02. The summed E-state index contributed by atoms with van der Waals surface area (Å²) >= 11 is 7.51. The van der Waals surface area contributed by atoms with E-state index in [2.05, 4.69) is 20.5 Å². The van der Waals surface area contributed by atoms with Crippen LogP contribution >= 0.6 is 23.4 Å². The molecule has 18 heteroatoms. The van der Waals surface area contributed by atoms with Gasteiger partial charge in [-0.15, -0.1) is 11.8 Å². The predicted octanol–water partition coefficient (Wildman–Crippen LogP) is 9.52. The number of benzene rings is 5. The van der Waals surface area contributed by atoms with Crippen LogP contribution in [0.2, 0.25) is 5.02 Å². The lowest BCUT2D eigenvalue weighted by molar-refractivity contribution is -0.0435. The number of alkyl halides is 3. The highest BCUT2D eigenvalue weighted by Crippen LogP contribution is 2.39. The number of rotatable bonds is 18. The predicted molar refractivity (Wildman–Crippen MR) is 253 cm³/mol. The summed E-state index contributed by atoms with van der Waals surface area (Å²) in [7, 11) is -11.0. The van der Waals surface area contributed by atoms with Gasteiger partial charge in [0.25, 0.3) is 25.8 Å². The van der Waals surface area contributed by atoms with Crippen LogP contribution in [0, 0.1) is 5.92 Å². The SMILES string of the molecule is O=C(NS(=O)(=O)c1ccc(N[C@H](CCNCc2ccccn2)CSc2ccccc2)c(S(=O)(=O)C(F)(F)F)c1)c1ccc(N2CCC([C@@H](O)c3ccccc3-c3ccc(Cl)cc3)CC2)cc1. The Morgan fingerprint density at radius 2 is 1.53 bits per heavy atom. The lowest BCUT2D eigenvalue weighted by Crippen LogP contribution is -2.36. The molecule has 1 aliphatic heterocycles. The van der Waals surface area contributed by atoms with E-state index in [1.54, 1.807) is 24.4 Å². The number of aromatic nitrogens is 1. The fourth-order valence-corrected chi connectivity index (χ4v) is 10.8. The van der Waals surface area contributed by atoms with E-state index in [4.69, 9.17) is 11.6 Å². The van der Waals surface area contributed by atoms with Crippen LogP contribution in [0.5, 0.6) is 0 Å². The fraction of sp³-hybridized carbons (Fsp3) is 0.250. The summed E-state index contributed by atoms with van der Waals surface area (Å²) in [5.41, 5.74) is -2.03. The Hall–Kier alpha value is -5.43. The van der Waals surface area contributed by atoms with Crippen LogP contribution in [-0.4, -0.2) is 69.8 Å². The van der Waals surface area contributed by atoms with Crippen LogP contribution in [-0.2, 0) is 26.4 Å². The number of carbonyl (C=O) groups is 1. The number of hydrogen-bond acceptors (Lipinski definition) is 11. The number of halogens is 4. The maximum atomic E-state index is 14.2. The Bertz CT molecular complexity index is 2800. The van der Waals surface area contributed by atoms with Crippen molar-refractivity contribution in [3.05, 3.63) is 168 Å². The molecule has 6 aromatic rings. The molecule has 0 saturated carbocycles. The zero-order valence-electron chi connectivity index (χ0n) is 35.4. The highest BCUT2D eigenvalue weighted by Gasteiger charge is 2.48. The molecule has 0 spiro atoms. The number of nitrogens with one attached hydrogen (secondary N) is 3. The molecule has 346 valence electrons. The average molecular weight is 979 g/mol. The molecule has 66 heavy (non-hydrogen) atoms. The number of aliphatic hydroxyl groups is 1. The number of amides is 1. The van der Waals surface area contributed by atoms with Crippen LogP contribution < -0.4 is 20.3 Å². The van der Waals surface area contributed by atoms with Gasteiger partial charge < -0.3 is 20.6 Å². The fourth-order valence-electron chi connectivity index (χ4n) is 7.70. The summed E-state index contributed by atoms with van der Waals surface area (Å²) in [6.07, 6.45) is 2.64. The first-order valence-electron chi connectivity index (χ1n) is 21.0. The zero-order chi connectivity index (χ0) is 46.9. The smallest absolute Gasteiger partial charge is 0.388 e. The quantitative estimate of drug-likeness (QED) is 0.0481. The van der Waals surface area contributed by atoms with Gasteiger partial charge in [0.05, 0.1) is 22.4 Å². The second kappa shape index (κ2) is 21.5. The third-order valence-corrected chi connectivity index (χ3v) is 15.5. The van der Waals surface area contributed by atoms with Gasteiger partial charge in [0.1, 0.15) is 4.90 Å². The van der Waals surface area contributed by atoms with Crippen molar-refractivity contribution >= 4 is 60.5 Å². The highest BCUT2D eigenvalue weighted by atomic mass is 35.5. The molecular formula is C48H47ClF3N5O6S3. The molecule has 1 aromatic heterocycles. The normalized spacial score (nSPS) is 14.7. The van der Waals surface area contributed by atoms with Crippen LogP contribution in [0.4, 0.5) is 24.5 Å². The molecule has 1 aliphatic rings. The first-order valence-corrected chi connectivity index (χ1v) is 25.4. The number of nitrogens with zero attached hydrogens (tertiary/aromatic N) is 2. The number of carbonyl (C=O) groups excluding carboxylic acids is 1. The molecule has 0 aliphatic carbocycles. The van der Waals surface area contributed by atoms with Gasteiger partial charge in [0.15, 0.2) is 0 Å². The molecule has 1 amide bonds. The number of anilines is 2. The lowest BCUT2D eigenvalue weighted by Gasteiger charge is -2.36. The number of piperidine rings is 1. The molecular weight excluding hydrogens is 931 g/mol. The molecule has 1 fully saturated rings. The van der Waals surface area contributed by atoms with E-state index in [-0.39, 0.29) is 11.5 Å². The maximum absolute atomic E-state index is 14.2. The summed E-state index contributed by atoms with van der Waals surface area (Å²) in [5.74, 6) is -0.772. The van der Waals surface area contributed by atoms with Crippen molar-refractivity contribution in [2.45, 2.75) is 58.1 Å². The van der Waals surface area contributed by atoms with Gasteiger partial charge >= 0.3 is 5.51 Å². The van der Waals surface area contributed by atoms with Crippen molar-refractivity contribution < 1.29 is 39.9 Å². The van der Waals surface area contributed by atoms with Gasteiger partial charge in [-0.25, -0.2) is 21.6 Å². The van der Waals surface area contributed by atoms with Gasteiger partial charge in [-0.05, 0) is 127 Å². The second-order valence-corrected chi connectivity index (χ2v) is 20.8. The van der Waals surface area contributed by atoms with Crippen LogP contribution in [0.15, 0.2) is 160 Å². The zero-order valence-corrected chi connectivity index (χ0v) is 38.6. The topological polar surface area (TPSA) is 158 Å². The molecule has 0 radical (unpaired) electrons. The van der Waals surface area contributed by atoms with Crippen LogP contribution in [0.25, 0.3) is 11.1 Å². The molecule has 1 saturated heterocycles. The molecule has 4 N–H and O–H groups in total. The molecule has 11 nitrogen and oxygen atoms in total. The molecule has 0 bridgehead atoms. The minimum Gasteiger partial charge on any atom is -0.388 e. The van der Waals surface area contributed by atoms with E-state index >= 15 is 0 Å². The minimum atomic E-state index is -6.09.